The number of nitrogens with zero attached hydrogens (tertiary/aromatic N) is 7. The van der Waals surface area contributed by atoms with Gasteiger partial charge in [-0.3, -0.25) is 0 Å². The zero-order chi connectivity index (χ0) is 24.6. The molecule has 0 amide bonds. The Hall–Kier alpha value is -3.25. The van der Waals surface area contributed by atoms with Crippen molar-refractivity contribution in [1.82, 2.24) is 30.3 Å². The predicted octanol–water partition coefficient (Wildman–Crippen LogP) is 1.66. The van der Waals surface area contributed by atoms with Crippen molar-refractivity contribution in [3.8, 4) is 17.2 Å². The van der Waals surface area contributed by atoms with Gasteiger partial charge >= 0.3 is 6.01 Å². The summed E-state index contributed by atoms with van der Waals surface area (Å²) in [6, 6.07) is 6.14. The molecule has 0 bridgehead atoms. The highest BCUT2D eigenvalue weighted by molar-refractivity contribution is 5.50. The lowest BCUT2D eigenvalue weighted by Crippen LogP contribution is -2.50. The molecule has 1 saturated heterocycles. The molecule has 12 heteroatoms. The van der Waals surface area contributed by atoms with Gasteiger partial charge < -0.3 is 30.4 Å². The molecule has 5 rings (SSSR count). The summed E-state index contributed by atoms with van der Waals surface area (Å²) < 4.78 is 18.5. The van der Waals surface area contributed by atoms with Crippen LogP contribution in [-0.4, -0.2) is 68.2 Å². The molecule has 2 aromatic heterocycles. The number of rotatable bonds is 9. The molecular formula is C23H33N9O3. The van der Waals surface area contributed by atoms with E-state index in [1.165, 1.54) is 11.0 Å². The van der Waals surface area contributed by atoms with Gasteiger partial charge in [-0.15, -0.1) is 5.10 Å². The second kappa shape index (κ2) is 9.08. The highest BCUT2D eigenvalue weighted by atomic mass is 16.5. The molecule has 188 valence electrons. The standard InChI is InChI=1S/C23H33N9O3/c1-15(2)20-27-21(35-28-20)31-9-6-16(7-10-31)23(25)13-22(23,24)8-11-34-17-4-5-18(19(12-17)33-3)32-14-26-29-30-32/h4-5,12,14-16H,6-11,13,24-25H2,1-3H3/t22-,23-/m0/s1. The highest BCUT2D eigenvalue weighted by Crippen LogP contribution is 2.53. The zero-order valence-electron chi connectivity index (χ0n) is 20.4. The number of piperidine rings is 1. The van der Waals surface area contributed by atoms with E-state index in [0.29, 0.717) is 36.5 Å². The number of ether oxygens (including phenoxy) is 2. The minimum atomic E-state index is -0.425. The van der Waals surface area contributed by atoms with Crippen LogP contribution in [0.4, 0.5) is 6.01 Å². The summed E-state index contributed by atoms with van der Waals surface area (Å²) in [7, 11) is 1.60. The number of nitrogens with two attached hydrogens (primary N) is 2. The Morgan fingerprint density at radius 2 is 2.03 bits per heavy atom. The summed E-state index contributed by atoms with van der Waals surface area (Å²) in [6.45, 7) is 6.26. The number of hydrogen-bond donors (Lipinski definition) is 2. The molecule has 1 aromatic carbocycles. The summed E-state index contributed by atoms with van der Waals surface area (Å²) >= 11 is 0. The molecule has 2 fully saturated rings. The van der Waals surface area contributed by atoms with Crippen molar-refractivity contribution in [2.45, 2.75) is 56.5 Å². The monoisotopic (exact) mass is 483 g/mol. The van der Waals surface area contributed by atoms with Crippen LogP contribution in [0.1, 0.15) is 51.3 Å². The van der Waals surface area contributed by atoms with Gasteiger partial charge in [0.1, 0.15) is 23.5 Å². The second-order valence-electron chi connectivity index (χ2n) is 9.91. The third kappa shape index (κ3) is 4.43. The quantitative estimate of drug-likeness (QED) is 0.456. The first kappa shape index (κ1) is 23.5. The van der Waals surface area contributed by atoms with Gasteiger partial charge in [-0.1, -0.05) is 19.0 Å². The van der Waals surface area contributed by atoms with Crippen LogP contribution in [0.15, 0.2) is 29.0 Å². The maximum atomic E-state index is 6.83. The fourth-order valence-corrected chi connectivity index (χ4v) is 5.08. The van der Waals surface area contributed by atoms with Crippen LogP contribution in [-0.2, 0) is 0 Å². The molecule has 1 aliphatic carbocycles. The van der Waals surface area contributed by atoms with Crippen LogP contribution in [0.25, 0.3) is 5.69 Å². The molecular weight excluding hydrogens is 450 g/mol. The van der Waals surface area contributed by atoms with E-state index in [1.807, 2.05) is 18.2 Å². The molecule has 0 radical (unpaired) electrons. The van der Waals surface area contributed by atoms with E-state index >= 15 is 0 Å². The Morgan fingerprint density at radius 3 is 2.69 bits per heavy atom. The van der Waals surface area contributed by atoms with E-state index in [-0.39, 0.29) is 11.5 Å². The van der Waals surface area contributed by atoms with Crippen molar-refractivity contribution in [2.75, 3.05) is 31.7 Å². The Kier molecular flexibility index (Phi) is 6.09. The Labute approximate surface area is 203 Å². The van der Waals surface area contributed by atoms with Gasteiger partial charge in [-0.25, -0.2) is 0 Å². The first-order chi connectivity index (χ1) is 16.8. The summed E-state index contributed by atoms with van der Waals surface area (Å²) in [4.78, 5) is 6.67. The zero-order valence-corrected chi connectivity index (χ0v) is 20.4. The van der Waals surface area contributed by atoms with Gasteiger partial charge in [0.2, 0.25) is 0 Å². The Balaban J connectivity index is 1.13. The van der Waals surface area contributed by atoms with Gasteiger partial charge in [0.25, 0.3) is 0 Å². The van der Waals surface area contributed by atoms with E-state index in [0.717, 1.165) is 43.9 Å². The van der Waals surface area contributed by atoms with Gasteiger partial charge in [-0.05, 0) is 47.7 Å². The summed E-state index contributed by atoms with van der Waals surface area (Å²) in [6.07, 6.45) is 4.90. The third-order valence-electron chi connectivity index (χ3n) is 7.42. The van der Waals surface area contributed by atoms with Crippen LogP contribution < -0.4 is 25.8 Å². The summed E-state index contributed by atoms with van der Waals surface area (Å²) in [5.74, 6) is 2.65. The molecule has 0 unspecified atom stereocenters. The minimum absolute atomic E-state index is 0.244. The molecule has 4 N–H and O–H groups in total. The Morgan fingerprint density at radius 1 is 1.23 bits per heavy atom. The number of anilines is 1. The largest absolute Gasteiger partial charge is 0.494 e. The van der Waals surface area contributed by atoms with Gasteiger partial charge in [0.15, 0.2) is 5.82 Å². The second-order valence-corrected chi connectivity index (χ2v) is 9.91. The molecule has 3 aromatic rings. The average Bonchev–Trinajstić information content (AvgIpc) is 3.33. The normalized spacial score (nSPS) is 24.7. The van der Waals surface area contributed by atoms with E-state index in [9.17, 15) is 0 Å². The van der Waals surface area contributed by atoms with Gasteiger partial charge in [0, 0.05) is 42.6 Å². The fourth-order valence-electron chi connectivity index (χ4n) is 5.08. The minimum Gasteiger partial charge on any atom is -0.494 e. The summed E-state index contributed by atoms with van der Waals surface area (Å²) in [5, 5.41) is 15.3. The van der Waals surface area contributed by atoms with E-state index < -0.39 is 5.54 Å². The molecule has 2 aliphatic rings. The predicted molar refractivity (Wildman–Crippen MR) is 128 cm³/mol. The van der Waals surface area contributed by atoms with Crippen LogP contribution in [0, 0.1) is 5.92 Å². The van der Waals surface area contributed by atoms with Crippen LogP contribution in [0.5, 0.6) is 11.5 Å². The topological polar surface area (TPSA) is 156 Å². The van der Waals surface area contributed by atoms with Crippen molar-refractivity contribution in [1.29, 1.82) is 0 Å². The maximum Gasteiger partial charge on any atom is 0.324 e. The summed E-state index contributed by atoms with van der Waals surface area (Å²) in [5.41, 5.74) is 13.5. The molecule has 12 nitrogen and oxygen atoms in total. The smallest absolute Gasteiger partial charge is 0.324 e. The average molecular weight is 484 g/mol. The number of methoxy groups -OCH3 is 1. The number of hydrogen-bond acceptors (Lipinski definition) is 11. The van der Waals surface area contributed by atoms with Crippen LogP contribution in [0.2, 0.25) is 0 Å². The number of benzene rings is 1. The van der Waals surface area contributed by atoms with Gasteiger partial charge in [0.05, 0.1) is 13.7 Å². The SMILES string of the molecule is COc1cc(OCC[C@]2(N)C[C@]2(N)C2CCN(c3nc(C(C)C)no3)CC2)ccc1-n1cnnn1. The molecule has 35 heavy (non-hydrogen) atoms. The van der Waals surface area contributed by atoms with Crippen LogP contribution >= 0.6 is 0 Å². The van der Waals surface area contributed by atoms with Crippen molar-refractivity contribution < 1.29 is 14.0 Å². The lowest BCUT2D eigenvalue weighted by atomic mass is 9.84. The lowest BCUT2D eigenvalue weighted by molar-refractivity contribution is 0.249. The molecule has 2 atom stereocenters. The van der Waals surface area contributed by atoms with Crippen molar-refractivity contribution in [3.05, 3.63) is 30.4 Å². The van der Waals surface area contributed by atoms with Crippen molar-refractivity contribution in [2.24, 2.45) is 17.4 Å². The maximum absolute atomic E-state index is 6.83. The van der Waals surface area contributed by atoms with E-state index in [1.54, 1.807) is 7.11 Å². The van der Waals surface area contributed by atoms with Crippen molar-refractivity contribution >= 4 is 6.01 Å². The molecule has 1 aliphatic heterocycles. The first-order valence-electron chi connectivity index (χ1n) is 12.0. The lowest BCUT2D eigenvalue weighted by Gasteiger charge is -2.35. The van der Waals surface area contributed by atoms with Crippen LogP contribution in [0.3, 0.4) is 0 Å². The van der Waals surface area contributed by atoms with Crippen molar-refractivity contribution in [3.63, 3.8) is 0 Å². The fraction of sp³-hybridized carbons (Fsp3) is 0.609. The van der Waals surface area contributed by atoms with Gasteiger partial charge in [-0.2, -0.15) is 9.67 Å². The van der Waals surface area contributed by atoms with E-state index in [2.05, 4.69) is 44.4 Å². The number of tetrazole rings is 1. The molecule has 3 heterocycles. The third-order valence-corrected chi connectivity index (χ3v) is 7.42. The molecule has 0 spiro atoms. The van der Waals surface area contributed by atoms with E-state index in [4.69, 9.17) is 25.5 Å². The number of aromatic nitrogens is 6. The highest BCUT2D eigenvalue weighted by Gasteiger charge is 2.65. The molecule has 1 saturated carbocycles. The first-order valence-corrected chi connectivity index (χ1v) is 12.0. The Bertz CT molecular complexity index is 1140.